The van der Waals surface area contributed by atoms with Gasteiger partial charge in [-0.2, -0.15) is 0 Å². The summed E-state index contributed by atoms with van der Waals surface area (Å²) in [7, 11) is 0. The largest absolute Gasteiger partial charge is 0.369 e. The smallest absolute Gasteiger partial charge is 0.256 e. The topological polar surface area (TPSA) is 74.3 Å². The minimum Gasteiger partial charge on any atom is -0.369 e. The number of carbonyl (C=O) groups is 2. The standard InChI is InChI=1S/C14H19ClN4O2/c1-3-11-13(20)17-5-6-19(11)14(21)9-7-10(15)12(16-4-2)18-8-9/h7-8,11H,3-6H2,1-2H3,(H,16,18)(H,17,20). The van der Waals surface area contributed by atoms with Crippen LogP contribution in [-0.4, -0.2) is 47.4 Å². The Morgan fingerprint density at radius 2 is 2.33 bits per heavy atom. The Morgan fingerprint density at radius 3 is 2.95 bits per heavy atom. The first-order valence-corrected chi connectivity index (χ1v) is 7.44. The molecule has 0 saturated carbocycles. The first kappa shape index (κ1) is 15.6. The second-order valence-electron chi connectivity index (χ2n) is 4.80. The van der Waals surface area contributed by atoms with Gasteiger partial charge in [-0.25, -0.2) is 4.98 Å². The van der Waals surface area contributed by atoms with E-state index in [0.717, 1.165) is 0 Å². The van der Waals surface area contributed by atoms with Crippen molar-refractivity contribution in [3.8, 4) is 0 Å². The Balaban J connectivity index is 2.22. The molecule has 1 aliphatic rings. The van der Waals surface area contributed by atoms with Crippen molar-refractivity contribution in [3.05, 3.63) is 22.8 Å². The van der Waals surface area contributed by atoms with E-state index in [1.165, 1.54) is 6.20 Å². The molecular weight excluding hydrogens is 292 g/mol. The number of nitrogens with zero attached hydrogens (tertiary/aromatic N) is 2. The van der Waals surface area contributed by atoms with Gasteiger partial charge in [-0.3, -0.25) is 9.59 Å². The second kappa shape index (κ2) is 6.76. The molecule has 0 aliphatic carbocycles. The molecule has 0 aromatic carbocycles. The van der Waals surface area contributed by atoms with Crippen molar-refractivity contribution in [2.75, 3.05) is 25.0 Å². The molecule has 1 atom stereocenters. The van der Waals surface area contributed by atoms with E-state index < -0.39 is 6.04 Å². The average molecular weight is 311 g/mol. The van der Waals surface area contributed by atoms with E-state index in [4.69, 9.17) is 11.6 Å². The van der Waals surface area contributed by atoms with Crippen LogP contribution >= 0.6 is 11.6 Å². The quantitative estimate of drug-likeness (QED) is 0.884. The maximum atomic E-state index is 12.6. The number of aromatic nitrogens is 1. The van der Waals surface area contributed by atoms with E-state index in [0.29, 0.717) is 42.5 Å². The Kier molecular flexibility index (Phi) is 5.01. The summed E-state index contributed by atoms with van der Waals surface area (Å²) in [5.41, 5.74) is 0.398. The lowest BCUT2D eigenvalue weighted by Gasteiger charge is -2.34. The molecule has 0 radical (unpaired) electrons. The highest BCUT2D eigenvalue weighted by Gasteiger charge is 2.32. The fourth-order valence-corrected chi connectivity index (χ4v) is 2.61. The number of hydrogen-bond acceptors (Lipinski definition) is 4. The third kappa shape index (κ3) is 3.26. The van der Waals surface area contributed by atoms with Gasteiger partial charge in [0.25, 0.3) is 5.91 Å². The molecule has 2 amide bonds. The first-order valence-electron chi connectivity index (χ1n) is 7.06. The van der Waals surface area contributed by atoms with Crippen LogP contribution in [-0.2, 0) is 4.79 Å². The lowest BCUT2D eigenvalue weighted by Crippen LogP contribution is -2.56. The zero-order valence-electron chi connectivity index (χ0n) is 12.1. The summed E-state index contributed by atoms with van der Waals surface area (Å²) in [4.78, 5) is 30.1. The molecule has 2 N–H and O–H groups in total. The van der Waals surface area contributed by atoms with Crippen LogP contribution in [0.2, 0.25) is 5.02 Å². The predicted octanol–water partition coefficient (Wildman–Crippen LogP) is 1.52. The number of rotatable bonds is 4. The molecule has 1 aliphatic heterocycles. The van der Waals surface area contributed by atoms with Crippen molar-refractivity contribution in [2.24, 2.45) is 0 Å². The SMILES string of the molecule is CCNc1ncc(C(=O)N2CCNC(=O)C2CC)cc1Cl. The van der Waals surface area contributed by atoms with E-state index in [-0.39, 0.29) is 11.8 Å². The molecule has 0 bridgehead atoms. The Bertz CT molecular complexity index is 550. The van der Waals surface area contributed by atoms with E-state index >= 15 is 0 Å². The van der Waals surface area contributed by atoms with Crippen molar-refractivity contribution in [1.29, 1.82) is 0 Å². The Morgan fingerprint density at radius 1 is 1.57 bits per heavy atom. The van der Waals surface area contributed by atoms with E-state index in [9.17, 15) is 9.59 Å². The molecular formula is C14H19ClN4O2. The fraction of sp³-hybridized carbons (Fsp3) is 0.500. The minimum absolute atomic E-state index is 0.111. The second-order valence-corrected chi connectivity index (χ2v) is 5.21. The maximum absolute atomic E-state index is 12.6. The van der Waals surface area contributed by atoms with E-state index in [1.54, 1.807) is 11.0 Å². The van der Waals surface area contributed by atoms with Crippen LogP contribution < -0.4 is 10.6 Å². The fourth-order valence-electron chi connectivity index (χ4n) is 2.38. The van der Waals surface area contributed by atoms with Crippen LogP contribution in [0.15, 0.2) is 12.3 Å². The lowest BCUT2D eigenvalue weighted by atomic mass is 10.1. The molecule has 1 saturated heterocycles. The van der Waals surface area contributed by atoms with Gasteiger partial charge in [0.1, 0.15) is 11.9 Å². The molecule has 1 aromatic rings. The zero-order chi connectivity index (χ0) is 15.4. The zero-order valence-corrected chi connectivity index (χ0v) is 12.9. The van der Waals surface area contributed by atoms with E-state index in [1.807, 2.05) is 13.8 Å². The van der Waals surface area contributed by atoms with E-state index in [2.05, 4.69) is 15.6 Å². The molecule has 1 aromatic heterocycles. The van der Waals surface area contributed by atoms with Gasteiger partial charge in [-0.15, -0.1) is 0 Å². The van der Waals surface area contributed by atoms with Gasteiger partial charge in [0.2, 0.25) is 5.91 Å². The number of carbonyl (C=O) groups excluding carboxylic acids is 2. The first-order chi connectivity index (χ1) is 10.1. The number of halogens is 1. The predicted molar refractivity (Wildman–Crippen MR) is 81.5 cm³/mol. The van der Waals surface area contributed by atoms with Gasteiger partial charge in [-0.05, 0) is 19.4 Å². The lowest BCUT2D eigenvalue weighted by molar-refractivity contribution is -0.127. The normalized spacial score (nSPS) is 18.3. The number of pyridine rings is 1. The number of anilines is 1. The van der Waals surface area contributed by atoms with Crippen molar-refractivity contribution in [2.45, 2.75) is 26.3 Å². The van der Waals surface area contributed by atoms with Gasteiger partial charge in [0.15, 0.2) is 0 Å². The highest BCUT2D eigenvalue weighted by molar-refractivity contribution is 6.33. The van der Waals surface area contributed by atoms with Crippen molar-refractivity contribution < 1.29 is 9.59 Å². The van der Waals surface area contributed by atoms with Crippen LogP contribution in [0.4, 0.5) is 5.82 Å². The van der Waals surface area contributed by atoms with Crippen LogP contribution in [0.3, 0.4) is 0 Å². The highest BCUT2D eigenvalue weighted by atomic mass is 35.5. The molecule has 21 heavy (non-hydrogen) atoms. The summed E-state index contributed by atoms with van der Waals surface area (Å²) >= 11 is 6.12. The van der Waals surface area contributed by atoms with Crippen LogP contribution in [0.1, 0.15) is 30.6 Å². The van der Waals surface area contributed by atoms with Crippen molar-refractivity contribution >= 4 is 29.2 Å². The van der Waals surface area contributed by atoms with Crippen LogP contribution in [0.5, 0.6) is 0 Å². The number of amides is 2. The molecule has 114 valence electrons. The molecule has 0 spiro atoms. The third-order valence-electron chi connectivity index (χ3n) is 3.41. The van der Waals surface area contributed by atoms with Gasteiger partial charge >= 0.3 is 0 Å². The Labute approximate surface area is 128 Å². The summed E-state index contributed by atoms with van der Waals surface area (Å²) in [6, 6.07) is 1.16. The number of nitrogens with one attached hydrogen (secondary N) is 2. The number of hydrogen-bond donors (Lipinski definition) is 2. The van der Waals surface area contributed by atoms with Crippen molar-refractivity contribution in [1.82, 2.24) is 15.2 Å². The molecule has 7 heteroatoms. The number of piperazine rings is 1. The van der Waals surface area contributed by atoms with Gasteiger partial charge in [0, 0.05) is 25.8 Å². The van der Waals surface area contributed by atoms with Gasteiger partial charge < -0.3 is 15.5 Å². The van der Waals surface area contributed by atoms with Gasteiger partial charge in [0.05, 0.1) is 10.6 Å². The summed E-state index contributed by atoms with van der Waals surface area (Å²) in [6.45, 7) is 5.49. The summed E-state index contributed by atoms with van der Waals surface area (Å²) < 4.78 is 0. The van der Waals surface area contributed by atoms with Crippen LogP contribution in [0, 0.1) is 0 Å². The molecule has 1 unspecified atom stereocenters. The monoisotopic (exact) mass is 310 g/mol. The third-order valence-corrected chi connectivity index (χ3v) is 3.70. The minimum atomic E-state index is -0.432. The van der Waals surface area contributed by atoms with Gasteiger partial charge in [-0.1, -0.05) is 18.5 Å². The summed E-state index contributed by atoms with van der Waals surface area (Å²) in [5, 5.41) is 6.19. The molecule has 2 rings (SSSR count). The summed E-state index contributed by atoms with van der Waals surface area (Å²) in [6.07, 6.45) is 2.07. The molecule has 6 nitrogen and oxygen atoms in total. The summed E-state index contributed by atoms with van der Waals surface area (Å²) in [5.74, 6) is 0.230. The maximum Gasteiger partial charge on any atom is 0.256 e. The Hall–Kier alpha value is -1.82. The van der Waals surface area contributed by atoms with Crippen molar-refractivity contribution in [3.63, 3.8) is 0 Å². The molecule has 2 heterocycles. The molecule has 1 fully saturated rings. The van der Waals surface area contributed by atoms with Crippen LogP contribution in [0.25, 0.3) is 0 Å². The average Bonchev–Trinajstić information content (AvgIpc) is 2.48. The highest BCUT2D eigenvalue weighted by Crippen LogP contribution is 2.22.